The van der Waals surface area contributed by atoms with Crippen molar-refractivity contribution in [3.8, 4) is 5.75 Å². The summed E-state index contributed by atoms with van der Waals surface area (Å²) in [7, 11) is 0. The maximum atomic E-state index is 5.58. The van der Waals surface area contributed by atoms with Crippen LogP contribution in [0.5, 0.6) is 5.75 Å². The second-order valence-electron chi connectivity index (χ2n) is 3.04. The van der Waals surface area contributed by atoms with Gasteiger partial charge in [0.05, 0.1) is 6.61 Å². The van der Waals surface area contributed by atoms with E-state index in [1.54, 1.807) is 0 Å². The van der Waals surface area contributed by atoms with E-state index in [1.165, 1.54) is 5.56 Å². The zero-order valence-corrected chi connectivity index (χ0v) is 8.10. The first-order valence-electron chi connectivity index (χ1n) is 4.46. The second kappa shape index (κ2) is 3.88. The number of halogens is 1. The average Bonchev–Trinajstić information content (AvgIpc) is 2.61. The third-order valence-corrected chi connectivity index (χ3v) is 2.30. The van der Waals surface area contributed by atoms with Crippen molar-refractivity contribution in [2.45, 2.75) is 6.42 Å². The van der Waals surface area contributed by atoms with Gasteiger partial charge in [0.25, 0.3) is 0 Å². The number of nitrogens with one attached hydrogen (secondary N) is 1. The fourth-order valence-corrected chi connectivity index (χ4v) is 1.58. The zero-order valence-electron chi connectivity index (χ0n) is 7.35. The number of anilines is 1. The van der Waals surface area contributed by atoms with Crippen LogP contribution in [0.1, 0.15) is 5.56 Å². The van der Waals surface area contributed by atoms with Gasteiger partial charge < -0.3 is 10.1 Å². The molecule has 0 amide bonds. The molecule has 1 heterocycles. The molecular weight excluding hydrogens is 186 g/mol. The van der Waals surface area contributed by atoms with Gasteiger partial charge in [-0.25, -0.2) is 0 Å². The van der Waals surface area contributed by atoms with Crippen molar-refractivity contribution < 1.29 is 4.74 Å². The SMILES string of the molecule is ClCCNc1ccc2c(c1)CCO2. The quantitative estimate of drug-likeness (QED) is 0.751. The van der Waals surface area contributed by atoms with Crippen LogP contribution in [0.25, 0.3) is 0 Å². The number of rotatable bonds is 3. The molecule has 0 aliphatic carbocycles. The van der Waals surface area contributed by atoms with Crippen molar-refractivity contribution in [1.29, 1.82) is 0 Å². The minimum atomic E-state index is 0.633. The fraction of sp³-hybridized carbons (Fsp3) is 0.400. The molecule has 1 aliphatic heterocycles. The molecule has 0 bridgehead atoms. The smallest absolute Gasteiger partial charge is 0.122 e. The largest absolute Gasteiger partial charge is 0.493 e. The highest BCUT2D eigenvalue weighted by Gasteiger charge is 2.11. The Morgan fingerprint density at radius 2 is 2.38 bits per heavy atom. The number of benzene rings is 1. The van der Waals surface area contributed by atoms with E-state index >= 15 is 0 Å². The van der Waals surface area contributed by atoms with E-state index in [2.05, 4.69) is 11.4 Å². The molecule has 70 valence electrons. The zero-order chi connectivity index (χ0) is 9.10. The van der Waals surface area contributed by atoms with Gasteiger partial charge in [-0.15, -0.1) is 11.6 Å². The number of fused-ring (bicyclic) bond motifs is 1. The van der Waals surface area contributed by atoms with Crippen LogP contribution in [0.2, 0.25) is 0 Å². The number of hydrogen-bond acceptors (Lipinski definition) is 2. The number of hydrogen-bond donors (Lipinski definition) is 1. The summed E-state index contributed by atoms with van der Waals surface area (Å²) in [6.45, 7) is 1.62. The van der Waals surface area contributed by atoms with Crippen LogP contribution in [0, 0.1) is 0 Å². The van der Waals surface area contributed by atoms with E-state index in [0.29, 0.717) is 5.88 Å². The van der Waals surface area contributed by atoms with Gasteiger partial charge in [0.1, 0.15) is 5.75 Å². The van der Waals surface area contributed by atoms with E-state index in [1.807, 2.05) is 12.1 Å². The summed E-state index contributed by atoms with van der Waals surface area (Å²) in [6, 6.07) is 6.17. The lowest BCUT2D eigenvalue weighted by atomic mass is 10.1. The second-order valence-corrected chi connectivity index (χ2v) is 3.41. The summed E-state index contributed by atoms with van der Waals surface area (Å²) in [6.07, 6.45) is 1.02. The summed E-state index contributed by atoms with van der Waals surface area (Å²) in [5, 5.41) is 3.24. The van der Waals surface area contributed by atoms with Crippen molar-refractivity contribution in [3.63, 3.8) is 0 Å². The van der Waals surface area contributed by atoms with Gasteiger partial charge in [-0.2, -0.15) is 0 Å². The molecule has 0 saturated heterocycles. The first-order valence-corrected chi connectivity index (χ1v) is 4.99. The first kappa shape index (κ1) is 8.70. The minimum absolute atomic E-state index is 0.633. The van der Waals surface area contributed by atoms with E-state index in [4.69, 9.17) is 16.3 Å². The van der Waals surface area contributed by atoms with Crippen LogP contribution in [0.3, 0.4) is 0 Å². The molecule has 0 fully saturated rings. The van der Waals surface area contributed by atoms with Crippen LogP contribution in [0.4, 0.5) is 5.69 Å². The Bertz CT molecular complexity index is 301. The molecule has 13 heavy (non-hydrogen) atoms. The van der Waals surface area contributed by atoms with Crippen LogP contribution < -0.4 is 10.1 Å². The van der Waals surface area contributed by atoms with Crippen LogP contribution in [-0.4, -0.2) is 19.0 Å². The van der Waals surface area contributed by atoms with Gasteiger partial charge >= 0.3 is 0 Å². The molecule has 3 heteroatoms. The van der Waals surface area contributed by atoms with Gasteiger partial charge in [-0.3, -0.25) is 0 Å². The van der Waals surface area contributed by atoms with Gasteiger partial charge in [-0.1, -0.05) is 0 Å². The fourth-order valence-electron chi connectivity index (χ4n) is 1.49. The molecule has 0 aromatic heterocycles. The maximum Gasteiger partial charge on any atom is 0.122 e. The Balaban J connectivity index is 2.12. The molecule has 0 radical (unpaired) electrons. The Hall–Kier alpha value is -0.890. The van der Waals surface area contributed by atoms with Gasteiger partial charge in [0.2, 0.25) is 0 Å². The van der Waals surface area contributed by atoms with E-state index < -0.39 is 0 Å². The highest BCUT2D eigenvalue weighted by atomic mass is 35.5. The summed E-state index contributed by atoms with van der Waals surface area (Å²) in [5.74, 6) is 1.66. The van der Waals surface area contributed by atoms with Crippen molar-refractivity contribution in [2.75, 3.05) is 24.3 Å². The summed E-state index contributed by atoms with van der Waals surface area (Å²) in [4.78, 5) is 0. The number of alkyl halides is 1. The standard InChI is InChI=1S/C10H12ClNO/c11-4-5-12-9-1-2-10-8(7-9)3-6-13-10/h1-2,7,12H,3-6H2. The summed E-state index contributed by atoms with van der Waals surface area (Å²) >= 11 is 5.58. The lowest BCUT2D eigenvalue weighted by Crippen LogP contribution is -2.02. The first-order chi connectivity index (χ1) is 6.40. The van der Waals surface area contributed by atoms with Crippen LogP contribution >= 0.6 is 11.6 Å². The average molecular weight is 198 g/mol. The lowest BCUT2D eigenvalue weighted by molar-refractivity contribution is 0.357. The highest BCUT2D eigenvalue weighted by molar-refractivity contribution is 6.18. The molecule has 0 spiro atoms. The van der Waals surface area contributed by atoms with Crippen molar-refractivity contribution >= 4 is 17.3 Å². The minimum Gasteiger partial charge on any atom is -0.493 e. The van der Waals surface area contributed by atoms with Gasteiger partial charge in [-0.05, 0) is 23.8 Å². The Morgan fingerprint density at radius 1 is 1.46 bits per heavy atom. The number of ether oxygens (including phenoxy) is 1. The molecule has 0 unspecified atom stereocenters. The Morgan fingerprint density at radius 3 is 3.23 bits per heavy atom. The van der Waals surface area contributed by atoms with Gasteiger partial charge in [0, 0.05) is 24.5 Å². The topological polar surface area (TPSA) is 21.3 Å². The van der Waals surface area contributed by atoms with Crippen molar-refractivity contribution in [1.82, 2.24) is 0 Å². The van der Waals surface area contributed by atoms with Crippen molar-refractivity contribution in [2.24, 2.45) is 0 Å². The maximum absolute atomic E-state index is 5.58. The van der Waals surface area contributed by atoms with Crippen LogP contribution in [0.15, 0.2) is 18.2 Å². The molecule has 0 saturated carbocycles. The molecule has 2 nitrogen and oxygen atoms in total. The Kier molecular flexibility index (Phi) is 2.60. The summed E-state index contributed by atoms with van der Waals surface area (Å²) in [5.41, 5.74) is 2.42. The van der Waals surface area contributed by atoms with Gasteiger partial charge in [0.15, 0.2) is 0 Å². The predicted octanol–water partition coefficient (Wildman–Crippen LogP) is 2.27. The Labute approximate surface area is 82.9 Å². The molecule has 1 aliphatic rings. The molecule has 1 aromatic rings. The molecule has 0 atom stereocenters. The van der Waals surface area contributed by atoms with E-state index in [9.17, 15) is 0 Å². The van der Waals surface area contributed by atoms with E-state index in [0.717, 1.165) is 31.0 Å². The molecule has 1 aromatic carbocycles. The normalized spacial score (nSPS) is 13.6. The molecular formula is C10H12ClNO. The van der Waals surface area contributed by atoms with Crippen molar-refractivity contribution in [3.05, 3.63) is 23.8 Å². The lowest BCUT2D eigenvalue weighted by Gasteiger charge is -2.05. The highest BCUT2D eigenvalue weighted by Crippen LogP contribution is 2.27. The monoisotopic (exact) mass is 197 g/mol. The predicted molar refractivity (Wildman–Crippen MR) is 54.9 cm³/mol. The molecule has 2 rings (SSSR count). The van der Waals surface area contributed by atoms with E-state index in [-0.39, 0.29) is 0 Å². The molecule has 1 N–H and O–H groups in total. The van der Waals surface area contributed by atoms with Crippen LogP contribution in [-0.2, 0) is 6.42 Å². The third-order valence-electron chi connectivity index (χ3n) is 2.11. The summed E-state index contributed by atoms with van der Waals surface area (Å²) < 4.78 is 5.40. The third kappa shape index (κ3) is 1.89.